The third-order valence-electron chi connectivity index (χ3n) is 5.52. The van der Waals surface area contributed by atoms with E-state index in [4.69, 9.17) is 10.6 Å². The molecule has 0 unspecified atom stereocenters. The van der Waals surface area contributed by atoms with E-state index in [1.54, 1.807) is 23.0 Å². The van der Waals surface area contributed by atoms with Gasteiger partial charge in [-0.1, -0.05) is 10.4 Å². The molecule has 3 aromatic heterocycles. The van der Waals surface area contributed by atoms with Crippen LogP contribution in [0.2, 0.25) is 0 Å². The molecule has 14 nitrogen and oxygen atoms in total. The Morgan fingerprint density at radius 3 is 2.92 bits per heavy atom. The Morgan fingerprint density at radius 2 is 2.22 bits per heavy atom. The molecule has 17 heteroatoms. The first-order valence-electron chi connectivity index (χ1n) is 10.6. The number of anilines is 1. The van der Waals surface area contributed by atoms with E-state index < -0.39 is 29.2 Å². The van der Waals surface area contributed by atoms with E-state index in [2.05, 4.69) is 30.8 Å². The molecule has 2 aliphatic heterocycles. The number of aromatic nitrogens is 5. The van der Waals surface area contributed by atoms with Crippen LogP contribution in [-0.2, 0) is 19.2 Å². The molecule has 4 N–H and O–H groups in total. The van der Waals surface area contributed by atoms with Crippen LogP contribution in [0.25, 0.3) is 5.52 Å². The van der Waals surface area contributed by atoms with Gasteiger partial charge < -0.3 is 21.0 Å². The number of β-lactam (4-membered cyclic amide) rings is 1. The molecule has 1 saturated heterocycles. The lowest BCUT2D eigenvalue weighted by Gasteiger charge is -2.49. The van der Waals surface area contributed by atoms with Crippen molar-refractivity contribution in [3.63, 3.8) is 0 Å². The highest BCUT2D eigenvalue weighted by Gasteiger charge is 2.54. The number of nitrogens with two attached hydrogens (primary N) is 1. The number of carboxylic acid groups (broad SMARTS) is 1. The first-order chi connectivity index (χ1) is 17.8. The maximum atomic E-state index is 13.0. The molecule has 0 radical (unpaired) electrons. The van der Waals surface area contributed by atoms with E-state index in [1.165, 1.54) is 35.5 Å². The molecule has 2 aliphatic rings. The van der Waals surface area contributed by atoms with Crippen molar-refractivity contribution >= 4 is 69.0 Å². The molecule has 37 heavy (non-hydrogen) atoms. The zero-order valence-corrected chi connectivity index (χ0v) is 21.8. The van der Waals surface area contributed by atoms with Crippen LogP contribution >= 0.6 is 34.9 Å². The van der Waals surface area contributed by atoms with Gasteiger partial charge in [0.2, 0.25) is 0 Å². The van der Waals surface area contributed by atoms with Crippen molar-refractivity contribution in [2.75, 3.05) is 24.3 Å². The fourth-order valence-corrected chi connectivity index (χ4v) is 6.87. The smallest absolute Gasteiger partial charge is 0.352 e. The number of nitrogen functional groups attached to an aromatic ring is 1. The van der Waals surface area contributed by atoms with Crippen LogP contribution in [0.4, 0.5) is 5.13 Å². The van der Waals surface area contributed by atoms with Crippen LogP contribution in [0.15, 0.2) is 39.1 Å². The highest BCUT2D eigenvalue weighted by molar-refractivity contribution is 8.01. The van der Waals surface area contributed by atoms with E-state index >= 15 is 0 Å². The molecule has 0 saturated carbocycles. The van der Waals surface area contributed by atoms with Crippen molar-refractivity contribution in [2.24, 2.45) is 5.16 Å². The summed E-state index contributed by atoms with van der Waals surface area (Å²) in [4.78, 5) is 52.5. The van der Waals surface area contributed by atoms with Gasteiger partial charge in [0.05, 0.1) is 11.7 Å². The number of hydrogen-bond acceptors (Lipinski definition) is 13. The average molecular weight is 562 g/mol. The predicted octanol–water partition coefficient (Wildman–Crippen LogP) is 0.353. The van der Waals surface area contributed by atoms with Crippen LogP contribution in [0.5, 0.6) is 0 Å². The van der Waals surface area contributed by atoms with Crippen LogP contribution in [0.1, 0.15) is 11.5 Å². The SMILES string of the molecule is CON=C(C(=O)N[C@@H]1C(=O)N2C(C(=O)O)=C(CSc3cc4cnnn4c(C)n3)CS[C@H]12)c1csc(N)n1. The second-order valence-corrected chi connectivity index (χ2v) is 10.8. The fraction of sp³-hybridized carbons (Fsp3) is 0.300. The molecular formula is C20H19N9O5S3. The molecule has 2 atom stereocenters. The Bertz CT molecular complexity index is 1480. The Labute approximate surface area is 221 Å². The summed E-state index contributed by atoms with van der Waals surface area (Å²) < 4.78 is 1.60. The third kappa shape index (κ3) is 4.60. The van der Waals surface area contributed by atoms with E-state index in [0.29, 0.717) is 27.9 Å². The molecule has 3 aromatic rings. The van der Waals surface area contributed by atoms with Crippen molar-refractivity contribution < 1.29 is 24.3 Å². The zero-order chi connectivity index (χ0) is 26.3. The number of oxime groups is 1. The minimum absolute atomic E-state index is 0.0753. The summed E-state index contributed by atoms with van der Waals surface area (Å²) in [7, 11) is 1.28. The normalized spacial score (nSPS) is 19.6. The number of aryl methyl sites for hydroxylation is 1. The Hall–Kier alpha value is -3.70. The van der Waals surface area contributed by atoms with E-state index in [9.17, 15) is 19.5 Å². The monoisotopic (exact) mass is 561 g/mol. The Balaban J connectivity index is 1.32. The molecule has 1 fully saturated rings. The zero-order valence-electron chi connectivity index (χ0n) is 19.3. The number of nitrogens with zero attached hydrogens (tertiary/aromatic N) is 7. The van der Waals surface area contributed by atoms with Crippen LogP contribution in [0, 0.1) is 6.92 Å². The molecule has 0 spiro atoms. The number of carbonyl (C=O) groups excluding carboxylic acids is 2. The second kappa shape index (κ2) is 9.98. The number of thioether (sulfide) groups is 2. The number of nitrogens with one attached hydrogen (secondary N) is 1. The number of amides is 2. The standard InChI is InChI=1S/C20H19N9O5S3/c1-8-23-12(3-10-4-22-27-29(8)10)35-5-9-6-36-18-14(17(31)28(18)15(9)19(32)33)25-16(30)13(26-34-2)11-7-37-20(21)24-11/h3-4,7,14,18H,5-6H2,1-2H3,(H2,21,24)(H,25,30)(H,32,33)/t14-,18-/m1/s1. The molecule has 5 rings (SSSR count). The number of hydrogen-bond donors (Lipinski definition) is 3. The molecule has 2 amide bonds. The quantitative estimate of drug-likeness (QED) is 0.113. The second-order valence-electron chi connectivity index (χ2n) is 7.81. The molecule has 0 bridgehead atoms. The number of aliphatic carboxylic acids is 1. The summed E-state index contributed by atoms with van der Waals surface area (Å²) in [6.07, 6.45) is 1.61. The van der Waals surface area contributed by atoms with Crippen molar-refractivity contribution in [3.05, 3.63) is 40.4 Å². The summed E-state index contributed by atoms with van der Waals surface area (Å²) in [5.74, 6) is -1.08. The van der Waals surface area contributed by atoms with Gasteiger partial charge in [0.25, 0.3) is 11.8 Å². The summed E-state index contributed by atoms with van der Waals surface area (Å²) in [5.41, 5.74) is 7.00. The minimum atomic E-state index is -1.21. The van der Waals surface area contributed by atoms with Crippen molar-refractivity contribution in [1.82, 2.24) is 35.0 Å². The average Bonchev–Trinajstić information content (AvgIpc) is 3.52. The van der Waals surface area contributed by atoms with Gasteiger partial charge in [-0.15, -0.1) is 40.0 Å². The van der Waals surface area contributed by atoms with E-state index in [0.717, 1.165) is 16.9 Å². The van der Waals surface area contributed by atoms with Crippen LogP contribution in [-0.4, -0.2) is 88.3 Å². The van der Waals surface area contributed by atoms with Crippen molar-refractivity contribution in [1.29, 1.82) is 0 Å². The highest BCUT2D eigenvalue weighted by atomic mass is 32.2. The van der Waals surface area contributed by atoms with Gasteiger partial charge >= 0.3 is 5.97 Å². The summed E-state index contributed by atoms with van der Waals surface area (Å²) >= 11 is 3.86. The molecule has 0 aliphatic carbocycles. The van der Waals surface area contributed by atoms with Crippen molar-refractivity contribution in [2.45, 2.75) is 23.4 Å². The fourth-order valence-electron chi connectivity index (χ4n) is 3.89. The minimum Gasteiger partial charge on any atom is -0.477 e. The summed E-state index contributed by atoms with van der Waals surface area (Å²) in [6, 6.07) is 0.882. The first kappa shape index (κ1) is 25.0. The number of rotatable bonds is 8. The van der Waals surface area contributed by atoms with Gasteiger partial charge in [-0.3, -0.25) is 14.5 Å². The maximum absolute atomic E-state index is 13.0. The van der Waals surface area contributed by atoms with Gasteiger partial charge in [-0.25, -0.2) is 14.8 Å². The Morgan fingerprint density at radius 1 is 1.41 bits per heavy atom. The highest BCUT2D eigenvalue weighted by Crippen LogP contribution is 2.41. The predicted molar refractivity (Wildman–Crippen MR) is 136 cm³/mol. The van der Waals surface area contributed by atoms with Crippen molar-refractivity contribution in [3.8, 4) is 0 Å². The number of carboxylic acids is 1. The third-order valence-corrected chi connectivity index (χ3v) is 8.53. The number of carbonyl (C=O) groups is 3. The molecule has 192 valence electrons. The number of thiazole rings is 1. The molecule has 5 heterocycles. The summed E-state index contributed by atoms with van der Waals surface area (Å²) in [6.45, 7) is 1.80. The van der Waals surface area contributed by atoms with Gasteiger partial charge in [0.15, 0.2) is 10.8 Å². The lowest BCUT2D eigenvalue weighted by atomic mass is 10.0. The van der Waals surface area contributed by atoms with E-state index in [1.807, 2.05) is 6.07 Å². The lowest BCUT2D eigenvalue weighted by molar-refractivity contribution is -0.150. The van der Waals surface area contributed by atoms with E-state index in [-0.39, 0.29) is 22.2 Å². The molecule has 0 aromatic carbocycles. The van der Waals surface area contributed by atoms with Crippen LogP contribution in [0.3, 0.4) is 0 Å². The largest absolute Gasteiger partial charge is 0.477 e. The number of fused-ring (bicyclic) bond motifs is 2. The van der Waals surface area contributed by atoms with Gasteiger partial charge in [0.1, 0.15) is 40.8 Å². The van der Waals surface area contributed by atoms with Crippen LogP contribution < -0.4 is 11.1 Å². The summed E-state index contributed by atoms with van der Waals surface area (Å²) in [5, 5.41) is 26.0. The van der Waals surface area contributed by atoms with Gasteiger partial charge in [-0.05, 0) is 18.6 Å². The van der Waals surface area contributed by atoms with Gasteiger partial charge in [-0.2, -0.15) is 4.52 Å². The molecular weight excluding hydrogens is 542 g/mol. The van der Waals surface area contributed by atoms with Gasteiger partial charge in [0, 0.05) is 16.9 Å². The first-order valence-corrected chi connectivity index (χ1v) is 13.5. The lowest BCUT2D eigenvalue weighted by Crippen LogP contribution is -2.71. The Kier molecular flexibility index (Phi) is 6.74. The maximum Gasteiger partial charge on any atom is 0.352 e. The topological polar surface area (TPSA) is 190 Å².